The van der Waals surface area contributed by atoms with Gasteiger partial charge in [0, 0.05) is 0 Å². The zero-order valence-electron chi connectivity index (χ0n) is 14.5. The molecule has 0 aliphatic heterocycles. The van der Waals surface area contributed by atoms with Gasteiger partial charge in [0.15, 0.2) is 0 Å². The van der Waals surface area contributed by atoms with Gasteiger partial charge in [-0.05, 0) is 70.9 Å². The van der Waals surface area contributed by atoms with Crippen LogP contribution in [0.25, 0.3) is 0 Å². The molecule has 0 unspecified atom stereocenters. The van der Waals surface area contributed by atoms with Gasteiger partial charge < -0.3 is 0 Å². The molecule has 0 atom stereocenters. The van der Waals surface area contributed by atoms with Crippen LogP contribution in [0.15, 0.2) is 36.4 Å². The number of rotatable bonds is 1. The fraction of sp³-hybridized carbons (Fsp3) is 0.455. The Labute approximate surface area is 135 Å². The van der Waals surface area contributed by atoms with Crippen LogP contribution < -0.4 is 0 Å². The largest absolute Gasteiger partial charge is 0.0613 e. The number of hydrogen-bond donors (Lipinski definition) is 0. The lowest BCUT2D eigenvalue weighted by Crippen LogP contribution is -2.14. The Morgan fingerprint density at radius 1 is 0.773 bits per heavy atom. The van der Waals surface area contributed by atoms with E-state index in [0.717, 1.165) is 19.3 Å². The molecule has 2 aromatic carbocycles. The van der Waals surface area contributed by atoms with Crippen molar-refractivity contribution in [2.75, 3.05) is 0 Å². The molecule has 2 aromatic rings. The molecule has 0 heterocycles. The van der Waals surface area contributed by atoms with Gasteiger partial charge in [0.25, 0.3) is 0 Å². The smallest absolute Gasteiger partial charge is 0.0132 e. The number of aryl methyl sites for hydroxylation is 4. The van der Waals surface area contributed by atoms with E-state index in [1.807, 2.05) is 0 Å². The average Bonchev–Trinajstić information content (AvgIpc) is 2.52. The third kappa shape index (κ3) is 3.11. The highest BCUT2D eigenvalue weighted by molar-refractivity contribution is 5.43. The average molecular weight is 292 g/mol. The van der Waals surface area contributed by atoms with Gasteiger partial charge in [-0.3, -0.25) is 0 Å². The van der Waals surface area contributed by atoms with E-state index in [4.69, 9.17) is 0 Å². The molecular weight excluding hydrogens is 264 g/mol. The van der Waals surface area contributed by atoms with Gasteiger partial charge in [-0.15, -0.1) is 0 Å². The zero-order valence-corrected chi connectivity index (χ0v) is 14.5. The molecule has 2 aliphatic rings. The van der Waals surface area contributed by atoms with Gasteiger partial charge in [-0.2, -0.15) is 0 Å². The van der Waals surface area contributed by atoms with Crippen molar-refractivity contribution in [2.24, 2.45) is 0 Å². The van der Waals surface area contributed by atoms with E-state index >= 15 is 0 Å². The van der Waals surface area contributed by atoms with E-state index in [1.165, 1.54) is 29.5 Å². The summed E-state index contributed by atoms with van der Waals surface area (Å²) in [5, 5.41) is 0. The Morgan fingerprint density at radius 2 is 1.23 bits per heavy atom. The van der Waals surface area contributed by atoms with Crippen molar-refractivity contribution in [3.8, 4) is 0 Å². The molecule has 0 saturated heterocycles. The first-order chi connectivity index (χ1) is 10.5. The third-order valence-corrected chi connectivity index (χ3v) is 5.04. The summed E-state index contributed by atoms with van der Waals surface area (Å²) in [6.07, 6.45) is 5.79. The number of fused-ring (bicyclic) bond motifs is 4. The van der Waals surface area contributed by atoms with Crippen LogP contribution in [-0.4, -0.2) is 0 Å². The van der Waals surface area contributed by atoms with Crippen molar-refractivity contribution in [3.05, 3.63) is 69.8 Å². The minimum absolute atomic E-state index is 0.228. The van der Waals surface area contributed by atoms with Crippen molar-refractivity contribution in [1.29, 1.82) is 0 Å². The zero-order chi connectivity index (χ0) is 15.7. The van der Waals surface area contributed by atoms with Gasteiger partial charge >= 0.3 is 0 Å². The summed E-state index contributed by atoms with van der Waals surface area (Å²) < 4.78 is 0. The van der Waals surface area contributed by atoms with Gasteiger partial charge in [0.2, 0.25) is 0 Å². The van der Waals surface area contributed by atoms with Crippen LogP contribution in [0.5, 0.6) is 0 Å². The standard InChI is InChI=1S/C22H28/c1-5-21-18-12-10-16-6-7-17(9-8-16)11-13-19(21)15-20(14-18)22(2,3)4/h6-9,14-15H,5,10-13H2,1-4H3. The Morgan fingerprint density at radius 3 is 1.59 bits per heavy atom. The van der Waals surface area contributed by atoms with Crippen molar-refractivity contribution in [2.45, 2.75) is 65.2 Å². The quantitative estimate of drug-likeness (QED) is 0.657. The fourth-order valence-electron chi connectivity index (χ4n) is 3.56. The van der Waals surface area contributed by atoms with Gasteiger partial charge in [-0.25, -0.2) is 0 Å². The maximum atomic E-state index is 2.48. The second-order valence-electron chi connectivity index (χ2n) is 7.69. The molecule has 0 fully saturated rings. The van der Waals surface area contributed by atoms with Crippen molar-refractivity contribution in [1.82, 2.24) is 0 Å². The molecule has 22 heavy (non-hydrogen) atoms. The van der Waals surface area contributed by atoms with Crippen LogP contribution in [0.1, 0.15) is 61.1 Å². The van der Waals surface area contributed by atoms with Crippen molar-refractivity contribution in [3.63, 3.8) is 0 Å². The molecule has 0 spiro atoms. The Kier molecular flexibility index (Phi) is 4.12. The van der Waals surface area contributed by atoms with Crippen LogP contribution in [0.4, 0.5) is 0 Å². The van der Waals surface area contributed by atoms with E-state index < -0.39 is 0 Å². The summed E-state index contributed by atoms with van der Waals surface area (Å²) >= 11 is 0. The molecule has 2 aliphatic carbocycles. The van der Waals surface area contributed by atoms with E-state index in [-0.39, 0.29) is 5.41 Å². The first kappa shape index (κ1) is 15.3. The highest BCUT2D eigenvalue weighted by atomic mass is 14.2. The molecule has 0 saturated carbocycles. The molecule has 0 amide bonds. The normalized spacial score (nSPS) is 14.7. The van der Waals surface area contributed by atoms with Crippen molar-refractivity contribution >= 4 is 0 Å². The number of hydrogen-bond acceptors (Lipinski definition) is 0. The maximum Gasteiger partial charge on any atom is -0.0132 e. The Balaban J connectivity index is 2.11. The molecule has 0 aromatic heterocycles. The molecular formula is C22H28. The Bertz CT molecular complexity index is 605. The lowest BCUT2D eigenvalue weighted by Gasteiger charge is -2.24. The SMILES string of the molecule is CCc1c2cc(C(C)(C)C)cc1CCc1ccc(cc1)CC2. The minimum atomic E-state index is 0.228. The van der Waals surface area contributed by atoms with E-state index in [1.54, 1.807) is 16.7 Å². The second kappa shape index (κ2) is 5.91. The summed E-state index contributed by atoms with van der Waals surface area (Å²) in [4.78, 5) is 0. The lowest BCUT2D eigenvalue weighted by molar-refractivity contribution is 0.587. The summed E-state index contributed by atoms with van der Waals surface area (Å²) in [7, 11) is 0. The third-order valence-electron chi connectivity index (χ3n) is 5.04. The Hall–Kier alpha value is -1.56. The first-order valence-electron chi connectivity index (χ1n) is 8.70. The van der Waals surface area contributed by atoms with Gasteiger partial charge in [0.05, 0.1) is 0 Å². The van der Waals surface area contributed by atoms with E-state index in [9.17, 15) is 0 Å². The molecule has 0 nitrogen and oxygen atoms in total. The van der Waals surface area contributed by atoms with Crippen LogP contribution in [0.2, 0.25) is 0 Å². The topological polar surface area (TPSA) is 0 Å². The summed E-state index contributed by atoms with van der Waals surface area (Å²) in [5.41, 5.74) is 9.42. The van der Waals surface area contributed by atoms with Crippen molar-refractivity contribution < 1.29 is 0 Å². The molecule has 0 N–H and O–H groups in total. The van der Waals surface area contributed by atoms with Gasteiger partial charge in [-0.1, -0.05) is 64.1 Å². The van der Waals surface area contributed by atoms with Crippen LogP contribution in [0.3, 0.4) is 0 Å². The molecule has 0 heteroatoms. The van der Waals surface area contributed by atoms with Gasteiger partial charge in [0.1, 0.15) is 0 Å². The predicted octanol–water partition coefficient (Wildman–Crippen LogP) is 5.43. The van der Waals surface area contributed by atoms with E-state index in [2.05, 4.69) is 64.1 Å². The monoisotopic (exact) mass is 292 g/mol. The van der Waals surface area contributed by atoms with Crippen LogP contribution >= 0.6 is 0 Å². The highest BCUT2D eigenvalue weighted by Crippen LogP contribution is 2.30. The highest BCUT2D eigenvalue weighted by Gasteiger charge is 2.18. The van der Waals surface area contributed by atoms with Crippen LogP contribution in [0, 0.1) is 0 Å². The second-order valence-corrected chi connectivity index (χ2v) is 7.69. The van der Waals surface area contributed by atoms with Crippen LogP contribution in [-0.2, 0) is 37.5 Å². The first-order valence-corrected chi connectivity index (χ1v) is 8.70. The van der Waals surface area contributed by atoms with E-state index in [0.29, 0.717) is 0 Å². The molecule has 0 radical (unpaired) electrons. The predicted molar refractivity (Wildman–Crippen MR) is 95.8 cm³/mol. The molecule has 4 bridgehead atoms. The molecule has 116 valence electrons. The summed E-state index contributed by atoms with van der Waals surface area (Å²) in [5.74, 6) is 0. The molecule has 4 rings (SSSR count). The minimum Gasteiger partial charge on any atom is -0.0613 e. The number of benzene rings is 2. The lowest BCUT2D eigenvalue weighted by atomic mass is 9.81. The maximum absolute atomic E-state index is 2.48. The summed E-state index contributed by atoms with van der Waals surface area (Å²) in [6.45, 7) is 9.30. The summed E-state index contributed by atoms with van der Waals surface area (Å²) in [6, 6.07) is 14.2. The fourth-order valence-corrected chi connectivity index (χ4v) is 3.56.